The van der Waals surface area contributed by atoms with Gasteiger partial charge in [0, 0.05) is 6.42 Å². The Labute approximate surface area is 196 Å². The minimum Gasteiger partial charge on any atom is -0.392 e. The molecule has 4 rings (SSSR count). The number of carbonyl (C=O) groups excluding carboxylic acids is 1. The highest BCUT2D eigenvalue weighted by molar-refractivity contribution is 5.90. The fourth-order valence-electron chi connectivity index (χ4n) is 9.15. The molecule has 0 spiro atoms. The molecule has 3 fully saturated rings. The van der Waals surface area contributed by atoms with E-state index in [1.54, 1.807) is 0 Å². The second kappa shape index (κ2) is 8.84. The van der Waals surface area contributed by atoms with Crippen LogP contribution in [-0.2, 0) is 4.79 Å². The van der Waals surface area contributed by atoms with Gasteiger partial charge in [0.15, 0.2) is 0 Å². The number of rotatable bonds is 6. The molecule has 0 bridgehead atoms. The quantitative estimate of drug-likeness (QED) is 0.481. The normalized spacial score (nSPS) is 45.7. The van der Waals surface area contributed by atoms with E-state index in [9.17, 15) is 15.0 Å². The van der Waals surface area contributed by atoms with Crippen molar-refractivity contribution in [2.24, 2.45) is 52.3 Å². The minimum absolute atomic E-state index is 0.193. The maximum absolute atomic E-state index is 13.2. The van der Waals surface area contributed by atoms with Gasteiger partial charge >= 0.3 is 0 Å². The van der Waals surface area contributed by atoms with Crippen molar-refractivity contribution in [2.45, 2.75) is 112 Å². The van der Waals surface area contributed by atoms with Gasteiger partial charge in [0.1, 0.15) is 5.78 Å². The molecule has 4 aliphatic rings. The Hall–Kier alpha value is -0.670. The van der Waals surface area contributed by atoms with Crippen molar-refractivity contribution in [1.82, 2.24) is 0 Å². The number of Topliss-reactive ketones (excluding diaryl/α,β-unsaturated/α-hetero) is 1. The van der Waals surface area contributed by atoms with Gasteiger partial charge in [0.05, 0.1) is 17.6 Å². The lowest BCUT2D eigenvalue weighted by Crippen LogP contribution is -2.57. The predicted octanol–water partition coefficient (Wildman–Crippen LogP) is 6.17. The van der Waals surface area contributed by atoms with Crippen molar-refractivity contribution in [1.29, 1.82) is 0 Å². The van der Waals surface area contributed by atoms with Gasteiger partial charge in [-0.05, 0) is 92.3 Å². The summed E-state index contributed by atoms with van der Waals surface area (Å²) in [6.07, 6.45) is 10.4. The van der Waals surface area contributed by atoms with Gasteiger partial charge in [0.2, 0.25) is 0 Å². The van der Waals surface area contributed by atoms with Gasteiger partial charge < -0.3 is 10.2 Å². The number of carbonyl (C=O) groups is 1. The Morgan fingerprint density at radius 3 is 2.41 bits per heavy atom. The number of fused-ring (bicyclic) bond motifs is 5. The van der Waals surface area contributed by atoms with E-state index >= 15 is 0 Å². The van der Waals surface area contributed by atoms with Gasteiger partial charge in [-0.3, -0.25) is 4.79 Å². The van der Waals surface area contributed by atoms with E-state index in [-0.39, 0.29) is 29.5 Å². The van der Waals surface area contributed by atoms with Crippen LogP contribution < -0.4 is 0 Å². The van der Waals surface area contributed by atoms with Crippen LogP contribution in [-0.4, -0.2) is 28.2 Å². The molecular formula is C29H48O3. The molecular weight excluding hydrogens is 396 g/mol. The molecule has 0 amide bonds. The highest BCUT2D eigenvalue weighted by Gasteiger charge is 2.62. The molecule has 0 aromatic rings. The van der Waals surface area contributed by atoms with Crippen molar-refractivity contribution >= 4 is 5.78 Å². The molecule has 3 nitrogen and oxygen atoms in total. The second-order valence-corrected chi connectivity index (χ2v) is 12.9. The van der Waals surface area contributed by atoms with Gasteiger partial charge in [-0.2, -0.15) is 0 Å². The zero-order valence-electron chi connectivity index (χ0n) is 21.4. The lowest BCUT2D eigenvalue weighted by molar-refractivity contribution is -0.145. The number of aliphatic hydroxyl groups excluding tert-OH is 2. The van der Waals surface area contributed by atoms with Crippen LogP contribution in [0.2, 0.25) is 0 Å². The first kappa shape index (κ1) is 24.5. The third-order valence-corrected chi connectivity index (χ3v) is 11.2. The SMILES string of the molecule is CCC(CCC(C)C1CCC2C3C(CC[C@]12C)[C@@]1(C)C(=O)C[C@H](O)CC1=C[C@H]3O)C(C)C. The Kier molecular flexibility index (Phi) is 6.75. The van der Waals surface area contributed by atoms with Crippen molar-refractivity contribution < 1.29 is 15.0 Å². The molecule has 3 heteroatoms. The summed E-state index contributed by atoms with van der Waals surface area (Å²) < 4.78 is 0. The Morgan fingerprint density at radius 1 is 1.03 bits per heavy atom. The van der Waals surface area contributed by atoms with Crippen molar-refractivity contribution in [3.8, 4) is 0 Å². The molecule has 4 aliphatic carbocycles. The molecule has 0 saturated heterocycles. The first-order valence-corrected chi connectivity index (χ1v) is 13.6. The highest BCUT2D eigenvalue weighted by Crippen LogP contribution is 2.66. The van der Waals surface area contributed by atoms with Crippen molar-refractivity contribution in [3.05, 3.63) is 11.6 Å². The summed E-state index contributed by atoms with van der Waals surface area (Å²) in [7, 11) is 0. The molecule has 0 aromatic carbocycles. The van der Waals surface area contributed by atoms with Crippen LogP contribution in [0.3, 0.4) is 0 Å². The summed E-state index contributed by atoms with van der Waals surface area (Å²) in [6, 6.07) is 0. The van der Waals surface area contributed by atoms with Crippen LogP contribution in [0.15, 0.2) is 11.6 Å². The van der Waals surface area contributed by atoms with E-state index in [1.807, 2.05) is 6.08 Å². The van der Waals surface area contributed by atoms with Crippen LogP contribution >= 0.6 is 0 Å². The zero-order chi connectivity index (χ0) is 23.4. The Balaban J connectivity index is 1.55. The summed E-state index contributed by atoms with van der Waals surface area (Å²) in [5, 5.41) is 21.5. The third-order valence-electron chi connectivity index (χ3n) is 11.2. The van der Waals surface area contributed by atoms with Gasteiger partial charge in [0.25, 0.3) is 0 Å². The number of ketones is 1. The molecule has 3 saturated carbocycles. The minimum atomic E-state index is -0.575. The van der Waals surface area contributed by atoms with E-state index in [1.165, 1.54) is 38.5 Å². The summed E-state index contributed by atoms with van der Waals surface area (Å²) in [4.78, 5) is 13.2. The van der Waals surface area contributed by atoms with Gasteiger partial charge in [-0.1, -0.05) is 59.1 Å². The molecule has 32 heavy (non-hydrogen) atoms. The summed E-state index contributed by atoms with van der Waals surface area (Å²) >= 11 is 0. The maximum atomic E-state index is 13.2. The molecule has 6 unspecified atom stereocenters. The molecule has 0 radical (unpaired) electrons. The predicted molar refractivity (Wildman–Crippen MR) is 130 cm³/mol. The largest absolute Gasteiger partial charge is 0.392 e. The molecule has 0 aromatic heterocycles. The van der Waals surface area contributed by atoms with E-state index < -0.39 is 17.6 Å². The smallest absolute Gasteiger partial charge is 0.145 e. The van der Waals surface area contributed by atoms with Crippen LogP contribution in [0.1, 0.15) is 99.3 Å². The van der Waals surface area contributed by atoms with Gasteiger partial charge in [-0.25, -0.2) is 0 Å². The molecule has 0 aliphatic heterocycles. The Morgan fingerprint density at radius 2 is 1.75 bits per heavy atom. The van der Waals surface area contributed by atoms with E-state index in [0.717, 1.165) is 35.7 Å². The monoisotopic (exact) mass is 444 g/mol. The van der Waals surface area contributed by atoms with E-state index in [2.05, 4.69) is 41.5 Å². The lowest BCUT2D eigenvalue weighted by Gasteiger charge is -2.58. The van der Waals surface area contributed by atoms with Crippen LogP contribution in [0.4, 0.5) is 0 Å². The van der Waals surface area contributed by atoms with Crippen molar-refractivity contribution in [3.63, 3.8) is 0 Å². The van der Waals surface area contributed by atoms with Gasteiger partial charge in [-0.15, -0.1) is 0 Å². The maximum Gasteiger partial charge on any atom is 0.145 e. The fourth-order valence-corrected chi connectivity index (χ4v) is 9.15. The first-order chi connectivity index (χ1) is 15.0. The molecule has 182 valence electrons. The number of aliphatic hydroxyl groups is 2. The average Bonchev–Trinajstić information content (AvgIpc) is 3.07. The summed E-state index contributed by atoms with van der Waals surface area (Å²) in [6.45, 7) is 14.2. The topological polar surface area (TPSA) is 57.5 Å². The summed E-state index contributed by atoms with van der Waals surface area (Å²) in [5.74, 6) is 4.18. The molecule has 10 atom stereocenters. The van der Waals surface area contributed by atoms with E-state index in [0.29, 0.717) is 12.3 Å². The van der Waals surface area contributed by atoms with Crippen LogP contribution in [0.25, 0.3) is 0 Å². The summed E-state index contributed by atoms with van der Waals surface area (Å²) in [5.41, 5.74) is 0.820. The van der Waals surface area contributed by atoms with E-state index in [4.69, 9.17) is 0 Å². The molecule has 0 heterocycles. The van der Waals surface area contributed by atoms with Crippen molar-refractivity contribution in [2.75, 3.05) is 0 Å². The average molecular weight is 445 g/mol. The highest BCUT2D eigenvalue weighted by atomic mass is 16.3. The first-order valence-electron chi connectivity index (χ1n) is 13.6. The second-order valence-electron chi connectivity index (χ2n) is 12.9. The number of hydrogen-bond acceptors (Lipinski definition) is 3. The fraction of sp³-hybridized carbons (Fsp3) is 0.897. The Bertz CT molecular complexity index is 741. The standard InChI is InChI=1S/C29H48O3/c1-7-19(17(2)3)9-8-18(4)22-10-11-23-27-24(12-13-28(22,23)5)29(6)20(15-25(27)31)14-21(30)16-26(29)32/h15,17-19,21-25,27,30-31H,7-14,16H2,1-6H3/t18?,19?,21-,22?,23?,24?,25-,27?,28-,29+/m1/s1. The third kappa shape index (κ3) is 3.74. The lowest BCUT2D eigenvalue weighted by atomic mass is 9.46. The van der Waals surface area contributed by atoms with Crippen LogP contribution in [0, 0.1) is 52.3 Å². The molecule has 2 N–H and O–H groups in total. The van der Waals surface area contributed by atoms with Crippen LogP contribution in [0.5, 0.6) is 0 Å². The zero-order valence-corrected chi connectivity index (χ0v) is 21.4. The number of hydrogen-bond donors (Lipinski definition) is 2.